The quantitative estimate of drug-likeness (QED) is 0.680. The molecule has 148 valence electrons. The number of carbonyl (C=O) groups is 1. The lowest BCUT2D eigenvalue weighted by Crippen LogP contribution is -2.51. The van der Waals surface area contributed by atoms with Crippen LogP contribution < -0.4 is 16.2 Å². The third-order valence-corrected chi connectivity index (χ3v) is 3.58. The molecule has 0 unspecified atom stereocenters. The second-order valence-electron chi connectivity index (χ2n) is 8.24. The molecule has 2 rings (SSSR count). The number of para-hydroxylation sites is 1. The minimum atomic E-state index is -4.70. The highest BCUT2D eigenvalue weighted by Crippen LogP contribution is 2.30. The zero-order chi connectivity index (χ0) is 20.5. The van der Waals surface area contributed by atoms with Crippen LogP contribution in [0, 0.1) is 5.41 Å². The Bertz CT molecular complexity index is 828. The summed E-state index contributed by atoms with van der Waals surface area (Å²) in [5.41, 5.74) is 4.44. The number of carbonyl (C=O) groups excluding carboxylic acids is 1. The second kappa shape index (κ2) is 7.21. The van der Waals surface area contributed by atoms with E-state index < -0.39 is 23.6 Å². The normalized spacial score (nSPS) is 12.7. The fourth-order valence-corrected chi connectivity index (χ4v) is 3.12. The van der Waals surface area contributed by atoms with Crippen LogP contribution in [-0.2, 0) is 6.18 Å². The van der Waals surface area contributed by atoms with Gasteiger partial charge in [0.2, 0.25) is 5.82 Å². The van der Waals surface area contributed by atoms with Crippen LogP contribution in [0.1, 0.15) is 46.9 Å². The molecule has 0 aliphatic rings. The number of hydrazine groups is 1. The number of hydrogen-bond acceptors (Lipinski definition) is 4. The highest BCUT2D eigenvalue weighted by atomic mass is 19.4. The van der Waals surface area contributed by atoms with Gasteiger partial charge in [0.25, 0.3) is 0 Å². The fourth-order valence-electron chi connectivity index (χ4n) is 3.12. The third-order valence-electron chi connectivity index (χ3n) is 3.58. The number of anilines is 1. The summed E-state index contributed by atoms with van der Waals surface area (Å²) in [4.78, 5) is 19.2. The molecule has 3 N–H and O–H groups in total. The Morgan fingerprint density at radius 2 is 1.67 bits per heavy atom. The van der Waals surface area contributed by atoms with Crippen molar-refractivity contribution in [2.75, 3.05) is 5.43 Å². The first-order valence-electron chi connectivity index (χ1n) is 8.45. The topological polar surface area (TPSA) is 78.9 Å². The van der Waals surface area contributed by atoms with E-state index in [4.69, 9.17) is 0 Å². The van der Waals surface area contributed by atoms with Crippen molar-refractivity contribution in [3.8, 4) is 0 Å². The summed E-state index contributed by atoms with van der Waals surface area (Å²) in [5.74, 6) is -1.41. The Hall–Kier alpha value is -2.58. The number of aromatic nitrogens is 2. The van der Waals surface area contributed by atoms with Gasteiger partial charge in [-0.25, -0.2) is 14.8 Å². The lowest BCUT2D eigenvalue weighted by atomic mass is 9.82. The molecular weight excluding hydrogens is 359 g/mol. The molecule has 0 aliphatic carbocycles. The number of hydrogen-bond donors (Lipinski definition) is 3. The molecule has 0 atom stereocenters. The van der Waals surface area contributed by atoms with E-state index in [-0.39, 0.29) is 16.7 Å². The summed E-state index contributed by atoms with van der Waals surface area (Å²) in [5, 5.41) is 3.16. The van der Waals surface area contributed by atoms with Gasteiger partial charge in [-0.3, -0.25) is 10.9 Å². The van der Waals surface area contributed by atoms with Gasteiger partial charge < -0.3 is 5.32 Å². The summed E-state index contributed by atoms with van der Waals surface area (Å²) in [7, 11) is 0. The summed E-state index contributed by atoms with van der Waals surface area (Å²) in [6, 6.07) is 5.68. The average Bonchev–Trinajstić information content (AvgIpc) is 2.48. The largest absolute Gasteiger partial charge is 0.451 e. The maximum Gasteiger partial charge on any atom is 0.451 e. The number of halogens is 3. The third kappa shape index (κ3) is 5.97. The first-order chi connectivity index (χ1) is 12.3. The van der Waals surface area contributed by atoms with E-state index >= 15 is 0 Å². The number of alkyl halides is 3. The minimum absolute atomic E-state index is 0.00528. The van der Waals surface area contributed by atoms with E-state index in [1.54, 1.807) is 18.2 Å². The van der Waals surface area contributed by atoms with Gasteiger partial charge in [-0.2, -0.15) is 13.2 Å². The molecule has 0 spiro atoms. The zero-order valence-corrected chi connectivity index (χ0v) is 16.0. The van der Waals surface area contributed by atoms with Crippen molar-refractivity contribution < 1.29 is 18.0 Å². The number of nitrogens with zero attached hydrogens (tertiary/aromatic N) is 2. The molecule has 6 nitrogen and oxygen atoms in total. The Balaban J connectivity index is 2.17. The number of amides is 2. The zero-order valence-electron chi connectivity index (χ0n) is 16.0. The van der Waals surface area contributed by atoms with Crippen molar-refractivity contribution in [1.29, 1.82) is 0 Å². The summed E-state index contributed by atoms with van der Waals surface area (Å²) in [6.45, 7) is 9.91. The van der Waals surface area contributed by atoms with Gasteiger partial charge in [-0.15, -0.1) is 0 Å². The first-order valence-corrected chi connectivity index (χ1v) is 8.45. The molecule has 0 fully saturated rings. The number of rotatable bonds is 4. The summed E-state index contributed by atoms with van der Waals surface area (Å²) in [6.07, 6.45) is -3.99. The number of benzene rings is 1. The van der Waals surface area contributed by atoms with Crippen LogP contribution in [0.4, 0.5) is 23.8 Å². The molecule has 0 saturated carbocycles. The molecule has 1 heterocycles. The van der Waals surface area contributed by atoms with Gasteiger partial charge in [0.1, 0.15) is 0 Å². The Morgan fingerprint density at radius 1 is 1.04 bits per heavy atom. The molecular formula is C18H24F3N5O. The maximum atomic E-state index is 13.0. The smallest absolute Gasteiger partial charge is 0.332 e. The van der Waals surface area contributed by atoms with Crippen molar-refractivity contribution in [2.45, 2.75) is 52.8 Å². The molecule has 1 aromatic carbocycles. The number of nitrogens with one attached hydrogen (secondary N) is 3. The summed E-state index contributed by atoms with van der Waals surface area (Å²) >= 11 is 0. The van der Waals surface area contributed by atoms with E-state index in [1.165, 1.54) is 6.07 Å². The van der Waals surface area contributed by atoms with Crippen molar-refractivity contribution >= 4 is 22.8 Å². The first kappa shape index (κ1) is 20.7. The van der Waals surface area contributed by atoms with Crippen LogP contribution in [-0.4, -0.2) is 21.5 Å². The van der Waals surface area contributed by atoms with Gasteiger partial charge in [0.05, 0.1) is 5.52 Å². The maximum absolute atomic E-state index is 13.0. The molecule has 0 radical (unpaired) electrons. The van der Waals surface area contributed by atoms with Gasteiger partial charge in [-0.1, -0.05) is 32.9 Å². The van der Waals surface area contributed by atoms with Gasteiger partial charge in [0, 0.05) is 10.9 Å². The van der Waals surface area contributed by atoms with E-state index in [0.717, 1.165) is 0 Å². The average molecular weight is 383 g/mol. The van der Waals surface area contributed by atoms with Gasteiger partial charge in [0.15, 0.2) is 5.82 Å². The highest BCUT2D eigenvalue weighted by molar-refractivity contribution is 5.90. The Kier molecular flexibility index (Phi) is 5.53. The predicted octanol–water partition coefficient (Wildman–Crippen LogP) is 4.49. The van der Waals surface area contributed by atoms with E-state index in [1.807, 2.05) is 13.8 Å². The molecule has 2 amide bonds. The van der Waals surface area contributed by atoms with Gasteiger partial charge in [-0.05, 0) is 37.8 Å². The van der Waals surface area contributed by atoms with Gasteiger partial charge >= 0.3 is 12.2 Å². The van der Waals surface area contributed by atoms with Crippen LogP contribution in [0.25, 0.3) is 10.9 Å². The lowest BCUT2D eigenvalue weighted by molar-refractivity contribution is -0.144. The molecule has 9 heteroatoms. The lowest BCUT2D eigenvalue weighted by Gasteiger charge is -2.33. The van der Waals surface area contributed by atoms with Crippen LogP contribution in [0.2, 0.25) is 0 Å². The van der Waals surface area contributed by atoms with Crippen molar-refractivity contribution in [1.82, 2.24) is 20.7 Å². The molecule has 2 aromatic rings. The molecule has 0 bridgehead atoms. The van der Waals surface area contributed by atoms with E-state index in [2.05, 4.69) is 46.9 Å². The molecule has 1 aromatic heterocycles. The van der Waals surface area contributed by atoms with Crippen LogP contribution in [0.15, 0.2) is 24.3 Å². The number of fused-ring (bicyclic) bond motifs is 1. The molecule has 0 saturated heterocycles. The Morgan fingerprint density at radius 3 is 2.26 bits per heavy atom. The number of urea groups is 1. The van der Waals surface area contributed by atoms with E-state index in [0.29, 0.717) is 11.8 Å². The standard InChI is InChI=1S/C18H24F3N5O/c1-16(2,3)10-17(4,5)24-15(27)26-25-13-11-8-6-7-9-12(11)22-14(23-13)18(19,20)21/h6-9H,10H2,1-5H3,(H,22,23,25)(H2,24,26,27). The Labute approximate surface area is 155 Å². The second-order valence-corrected chi connectivity index (χ2v) is 8.24. The van der Waals surface area contributed by atoms with Crippen molar-refractivity contribution in [3.05, 3.63) is 30.1 Å². The highest BCUT2D eigenvalue weighted by Gasteiger charge is 2.35. The van der Waals surface area contributed by atoms with Crippen LogP contribution in [0.3, 0.4) is 0 Å². The monoisotopic (exact) mass is 383 g/mol. The minimum Gasteiger partial charge on any atom is -0.332 e. The molecule has 27 heavy (non-hydrogen) atoms. The van der Waals surface area contributed by atoms with Crippen LogP contribution in [0.5, 0.6) is 0 Å². The van der Waals surface area contributed by atoms with Crippen molar-refractivity contribution in [2.24, 2.45) is 5.41 Å². The molecule has 0 aliphatic heterocycles. The van der Waals surface area contributed by atoms with E-state index in [9.17, 15) is 18.0 Å². The van der Waals surface area contributed by atoms with Crippen molar-refractivity contribution in [3.63, 3.8) is 0 Å². The summed E-state index contributed by atoms with van der Waals surface area (Å²) < 4.78 is 39.1. The SMILES string of the molecule is CC(C)(C)CC(C)(C)NC(=O)NNc1nc(C(F)(F)F)nc2ccccc12. The predicted molar refractivity (Wildman–Crippen MR) is 98.0 cm³/mol. The fraction of sp³-hybridized carbons (Fsp3) is 0.500. The van der Waals surface area contributed by atoms with Crippen LogP contribution >= 0.6 is 0 Å².